The molecule has 0 aliphatic carbocycles. The van der Waals surface area contributed by atoms with Gasteiger partial charge in [-0.2, -0.15) is 0 Å². The van der Waals surface area contributed by atoms with Crippen LogP contribution < -0.4 is 10.6 Å². The highest BCUT2D eigenvalue weighted by atomic mass is 32.2. The molecule has 2 atom stereocenters. The van der Waals surface area contributed by atoms with Crippen molar-refractivity contribution < 1.29 is 9.59 Å². The van der Waals surface area contributed by atoms with Crippen LogP contribution in [0.5, 0.6) is 0 Å². The third-order valence-corrected chi connectivity index (χ3v) is 7.29. The summed E-state index contributed by atoms with van der Waals surface area (Å²) in [6.07, 6.45) is 4.15. The van der Waals surface area contributed by atoms with E-state index < -0.39 is 0 Å². The number of amides is 2. The van der Waals surface area contributed by atoms with Crippen LogP contribution in [0.2, 0.25) is 0 Å². The molecule has 0 saturated carbocycles. The molecule has 0 aromatic heterocycles. The zero-order valence-corrected chi connectivity index (χ0v) is 20.5. The van der Waals surface area contributed by atoms with Crippen LogP contribution in [-0.2, 0) is 4.79 Å². The number of carbonyl (C=O) groups is 2. The minimum absolute atomic E-state index is 0.0987. The maximum atomic E-state index is 12.6. The molecule has 4 rings (SSSR count). The van der Waals surface area contributed by atoms with Gasteiger partial charge < -0.3 is 15.5 Å². The summed E-state index contributed by atoms with van der Waals surface area (Å²) in [7, 11) is 0. The van der Waals surface area contributed by atoms with E-state index in [0.717, 1.165) is 48.3 Å². The standard InChI is InChI=1S/C27H33N3O2S/c1-18-5-7-21(8-6-18)14-25-27(32)29-23-15-22(9-10-24(23)33-25)26(31)28-11-4-12-30-16-19(2)13-20(3)17-30/h5-10,14-15,19-20H,4,11-13,16-17H2,1-3H3,(H,28,31)(H,29,32)/b25-14+/t19-,20+. The maximum Gasteiger partial charge on any atom is 0.262 e. The Bertz CT molecular complexity index is 1040. The number of likely N-dealkylation sites (tertiary alicyclic amines) is 1. The number of anilines is 1. The van der Waals surface area contributed by atoms with E-state index >= 15 is 0 Å². The Hall–Kier alpha value is -2.57. The lowest BCUT2D eigenvalue weighted by atomic mass is 9.92. The third-order valence-electron chi connectivity index (χ3n) is 6.19. The summed E-state index contributed by atoms with van der Waals surface area (Å²) in [4.78, 5) is 29.4. The zero-order chi connectivity index (χ0) is 23.4. The minimum atomic E-state index is -0.143. The number of nitrogens with one attached hydrogen (secondary N) is 2. The van der Waals surface area contributed by atoms with Crippen molar-refractivity contribution in [1.29, 1.82) is 0 Å². The molecule has 0 spiro atoms. The van der Waals surface area contributed by atoms with Gasteiger partial charge >= 0.3 is 0 Å². The summed E-state index contributed by atoms with van der Waals surface area (Å²) >= 11 is 1.43. The molecule has 2 aliphatic rings. The average Bonchev–Trinajstić information content (AvgIpc) is 2.77. The molecule has 0 bridgehead atoms. The number of hydrogen-bond donors (Lipinski definition) is 2. The molecule has 2 heterocycles. The van der Waals surface area contributed by atoms with Gasteiger partial charge in [0.25, 0.3) is 11.8 Å². The summed E-state index contributed by atoms with van der Waals surface area (Å²) in [6.45, 7) is 10.7. The smallest absolute Gasteiger partial charge is 0.262 e. The van der Waals surface area contributed by atoms with E-state index in [2.05, 4.69) is 29.4 Å². The highest BCUT2D eigenvalue weighted by Crippen LogP contribution is 2.39. The van der Waals surface area contributed by atoms with Crippen LogP contribution in [0.4, 0.5) is 5.69 Å². The monoisotopic (exact) mass is 463 g/mol. The van der Waals surface area contributed by atoms with Gasteiger partial charge in [-0.25, -0.2) is 0 Å². The fourth-order valence-electron chi connectivity index (χ4n) is 4.70. The fraction of sp³-hybridized carbons (Fsp3) is 0.407. The molecule has 0 radical (unpaired) electrons. The molecule has 2 aliphatic heterocycles. The Labute approximate surface area is 201 Å². The van der Waals surface area contributed by atoms with Crippen molar-refractivity contribution >= 4 is 35.3 Å². The van der Waals surface area contributed by atoms with E-state index in [-0.39, 0.29) is 11.8 Å². The average molecular weight is 464 g/mol. The van der Waals surface area contributed by atoms with Crippen molar-refractivity contribution in [2.24, 2.45) is 11.8 Å². The number of hydrogen-bond acceptors (Lipinski definition) is 4. The first-order valence-corrected chi connectivity index (χ1v) is 12.6. The van der Waals surface area contributed by atoms with Gasteiger partial charge in [0.1, 0.15) is 0 Å². The van der Waals surface area contributed by atoms with Crippen molar-refractivity contribution in [3.05, 3.63) is 64.1 Å². The first kappa shape index (κ1) is 23.6. The molecule has 6 heteroatoms. The normalized spacial score (nSPS) is 22.0. The van der Waals surface area contributed by atoms with Crippen molar-refractivity contribution in [3.8, 4) is 0 Å². The molecule has 33 heavy (non-hydrogen) atoms. The zero-order valence-electron chi connectivity index (χ0n) is 19.7. The van der Waals surface area contributed by atoms with Gasteiger partial charge in [-0.15, -0.1) is 0 Å². The van der Waals surface area contributed by atoms with Gasteiger partial charge in [-0.3, -0.25) is 9.59 Å². The van der Waals surface area contributed by atoms with Crippen molar-refractivity contribution in [2.45, 2.75) is 38.5 Å². The summed E-state index contributed by atoms with van der Waals surface area (Å²) in [5.74, 6) is 1.26. The van der Waals surface area contributed by atoms with Gasteiger partial charge in [0, 0.05) is 30.1 Å². The SMILES string of the molecule is Cc1ccc(/C=C2/Sc3ccc(C(=O)NCCCN4C[C@H](C)C[C@H](C)C4)cc3NC2=O)cc1. The van der Waals surface area contributed by atoms with Gasteiger partial charge in [0.2, 0.25) is 0 Å². The molecular formula is C27H33N3O2S. The van der Waals surface area contributed by atoms with Crippen LogP contribution in [-0.4, -0.2) is 42.9 Å². The number of nitrogens with zero attached hydrogens (tertiary/aromatic N) is 1. The lowest BCUT2D eigenvalue weighted by Gasteiger charge is -2.34. The lowest BCUT2D eigenvalue weighted by Crippen LogP contribution is -2.40. The number of carbonyl (C=O) groups excluding carboxylic acids is 2. The Balaban J connectivity index is 1.32. The number of aryl methyl sites for hydroxylation is 1. The molecule has 174 valence electrons. The number of piperidine rings is 1. The number of thioether (sulfide) groups is 1. The fourth-order valence-corrected chi connectivity index (χ4v) is 5.63. The van der Waals surface area contributed by atoms with E-state index in [0.29, 0.717) is 22.7 Å². The Morgan fingerprint density at radius 1 is 1.15 bits per heavy atom. The van der Waals surface area contributed by atoms with Crippen LogP contribution in [0, 0.1) is 18.8 Å². The van der Waals surface area contributed by atoms with Crippen LogP contribution in [0.1, 0.15) is 48.2 Å². The van der Waals surface area contributed by atoms with Gasteiger partial charge in [0.15, 0.2) is 0 Å². The van der Waals surface area contributed by atoms with Crippen LogP contribution >= 0.6 is 11.8 Å². The second kappa shape index (κ2) is 10.6. The van der Waals surface area contributed by atoms with Crippen molar-refractivity contribution in [2.75, 3.05) is 31.5 Å². The van der Waals surface area contributed by atoms with Crippen LogP contribution in [0.15, 0.2) is 52.3 Å². The predicted octanol–water partition coefficient (Wildman–Crippen LogP) is 5.18. The largest absolute Gasteiger partial charge is 0.352 e. The molecule has 2 amide bonds. The highest BCUT2D eigenvalue weighted by molar-refractivity contribution is 8.04. The van der Waals surface area contributed by atoms with E-state index in [4.69, 9.17) is 0 Å². The van der Waals surface area contributed by atoms with Gasteiger partial charge in [-0.1, -0.05) is 55.4 Å². The maximum absolute atomic E-state index is 12.6. The quantitative estimate of drug-likeness (QED) is 0.458. The molecule has 0 unspecified atom stereocenters. The molecule has 1 fully saturated rings. The molecular weight excluding hydrogens is 430 g/mol. The molecule has 2 aromatic rings. The topological polar surface area (TPSA) is 61.4 Å². The van der Waals surface area contributed by atoms with Gasteiger partial charge in [-0.05, 0) is 68.0 Å². The third kappa shape index (κ3) is 6.27. The van der Waals surface area contributed by atoms with E-state index in [1.807, 2.05) is 49.4 Å². The first-order valence-electron chi connectivity index (χ1n) is 11.8. The van der Waals surface area contributed by atoms with Crippen molar-refractivity contribution in [1.82, 2.24) is 10.2 Å². The number of rotatable bonds is 6. The second-order valence-electron chi connectivity index (χ2n) is 9.50. The van der Waals surface area contributed by atoms with Crippen LogP contribution in [0.25, 0.3) is 6.08 Å². The molecule has 1 saturated heterocycles. The Morgan fingerprint density at radius 2 is 1.88 bits per heavy atom. The van der Waals surface area contributed by atoms with Crippen LogP contribution in [0.3, 0.4) is 0 Å². The summed E-state index contributed by atoms with van der Waals surface area (Å²) in [5.41, 5.74) is 3.44. The van der Waals surface area contributed by atoms with Crippen molar-refractivity contribution in [3.63, 3.8) is 0 Å². The highest BCUT2D eigenvalue weighted by Gasteiger charge is 2.23. The summed E-state index contributed by atoms with van der Waals surface area (Å²) in [6, 6.07) is 13.6. The molecule has 5 nitrogen and oxygen atoms in total. The second-order valence-corrected chi connectivity index (χ2v) is 10.6. The Morgan fingerprint density at radius 3 is 2.61 bits per heavy atom. The summed E-state index contributed by atoms with van der Waals surface area (Å²) in [5, 5.41) is 5.97. The van der Waals surface area contributed by atoms with Gasteiger partial charge in [0.05, 0.1) is 10.6 Å². The summed E-state index contributed by atoms with van der Waals surface area (Å²) < 4.78 is 0. The van der Waals surface area contributed by atoms with E-state index in [9.17, 15) is 9.59 Å². The lowest BCUT2D eigenvalue weighted by molar-refractivity contribution is -0.112. The molecule has 2 aromatic carbocycles. The first-order chi connectivity index (χ1) is 15.9. The van der Waals surface area contributed by atoms with E-state index in [1.54, 1.807) is 6.07 Å². The number of fused-ring (bicyclic) bond motifs is 1. The minimum Gasteiger partial charge on any atom is -0.352 e. The van der Waals surface area contributed by atoms with E-state index in [1.165, 1.54) is 23.7 Å². The molecule has 2 N–H and O–H groups in total. The number of benzene rings is 2. The Kier molecular flexibility index (Phi) is 7.56. The predicted molar refractivity (Wildman–Crippen MR) is 136 cm³/mol.